The Labute approximate surface area is 120 Å². The number of rotatable bonds is 2. The molecular weight excluding hydrogens is 246 g/mol. The van der Waals surface area contributed by atoms with Crippen molar-refractivity contribution >= 4 is 11.0 Å². The Morgan fingerprint density at radius 3 is 2.65 bits per heavy atom. The summed E-state index contributed by atoms with van der Waals surface area (Å²) >= 11 is 0. The molecule has 2 aromatic rings. The van der Waals surface area contributed by atoms with E-state index >= 15 is 0 Å². The van der Waals surface area contributed by atoms with Gasteiger partial charge in [-0.2, -0.15) is 0 Å². The maximum Gasteiger partial charge on any atom is 0.115 e. The highest BCUT2D eigenvalue weighted by Crippen LogP contribution is 2.37. The summed E-state index contributed by atoms with van der Waals surface area (Å²) < 4.78 is 0. The molecule has 1 saturated heterocycles. The van der Waals surface area contributed by atoms with Crippen LogP contribution in [0.25, 0.3) is 11.0 Å². The monoisotopic (exact) mass is 269 g/mol. The minimum Gasteiger partial charge on any atom is -0.341 e. The molecule has 0 amide bonds. The molecule has 0 radical (unpaired) electrons. The van der Waals surface area contributed by atoms with Gasteiger partial charge in [0, 0.05) is 19.1 Å². The van der Waals surface area contributed by atoms with E-state index in [-0.39, 0.29) is 5.41 Å². The van der Waals surface area contributed by atoms with Crippen LogP contribution in [0.4, 0.5) is 0 Å². The standard InChI is InChI=1S/C17H23N3/c1-17(11-20(12-17)13-7-3-2-4-8-13)16-18-14-9-5-6-10-15(14)19-16/h5-6,9-10,13H,2-4,7-8,11-12H2,1H3,(H,18,19). The number of H-pyrrole nitrogens is 1. The molecular formula is C17H23N3. The summed E-state index contributed by atoms with van der Waals surface area (Å²) in [4.78, 5) is 11.0. The van der Waals surface area contributed by atoms with Crippen molar-refractivity contribution < 1.29 is 0 Å². The molecule has 0 atom stereocenters. The number of imidazole rings is 1. The summed E-state index contributed by atoms with van der Waals surface area (Å²) in [7, 11) is 0. The van der Waals surface area contributed by atoms with E-state index < -0.39 is 0 Å². The van der Waals surface area contributed by atoms with Crippen LogP contribution in [0.15, 0.2) is 24.3 Å². The summed E-state index contributed by atoms with van der Waals surface area (Å²) in [5.41, 5.74) is 2.48. The van der Waals surface area contributed by atoms with Crippen LogP contribution in [0.5, 0.6) is 0 Å². The zero-order valence-electron chi connectivity index (χ0n) is 12.2. The zero-order chi connectivity index (χ0) is 13.6. The molecule has 106 valence electrons. The van der Waals surface area contributed by atoms with E-state index in [0.29, 0.717) is 0 Å². The number of aromatic nitrogens is 2. The molecule has 4 rings (SSSR count). The molecule has 0 spiro atoms. The molecule has 20 heavy (non-hydrogen) atoms. The van der Waals surface area contributed by atoms with E-state index in [1.165, 1.54) is 43.4 Å². The fourth-order valence-corrected chi connectivity index (χ4v) is 3.94. The van der Waals surface area contributed by atoms with Crippen molar-refractivity contribution in [1.29, 1.82) is 0 Å². The molecule has 1 saturated carbocycles. The van der Waals surface area contributed by atoms with Crippen molar-refractivity contribution in [3.05, 3.63) is 30.1 Å². The Morgan fingerprint density at radius 2 is 1.90 bits per heavy atom. The third-order valence-corrected chi connectivity index (χ3v) is 5.16. The molecule has 3 heteroatoms. The summed E-state index contributed by atoms with van der Waals surface area (Å²) in [5, 5.41) is 0. The van der Waals surface area contributed by atoms with E-state index in [2.05, 4.69) is 41.1 Å². The van der Waals surface area contributed by atoms with Crippen LogP contribution in [-0.4, -0.2) is 34.0 Å². The Hall–Kier alpha value is -1.35. The Morgan fingerprint density at radius 1 is 1.15 bits per heavy atom. The molecule has 2 fully saturated rings. The number of nitrogens with zero attached hydrogens (tertiary/aromatic N) is 2. The topological polar surface area (TPSA) is 31.9 Å². The minimum absolute atomic E-state index is 0.219. The summed E-state index contributed by atoms with van der Waals surface area (Å²) in [6.07, 6.45) is 7.07. The lowest BCUT2D eigenvalue weighted by atomic mass is 9.78. The normalized spacial score (nSPS) is 23.9. The fourth-order valence-electron chi connectivity index (χ4n) is 3.94. The maximum atomic E-state index is 4.80. The van der Waals surface area contributed by atoms with Crippen LogP contribution in [0.1, 0.15) is 44.9 Å². The first-order valence-corrected chi connectivity index (χ1v) is 7.94. The number of hydrogen-bond acceptors (Lipinski definition) is 2. The van der Waals surface area contributed by atoms with Gasteiger partial charge in [0.2, 0.25) is 0 Å². The second-order valence-corrected chi connectivity index (χ2v) is 6.86. The predicted octanol–water partition coefficient (Wildman–Crippen LogP) is 3.47. The number of likely N-dealkylation sites (tertiary alicyclic amines) is 1. The van der Waals surface area contributed by atoms with Gasteiger partial charge in [0.15, 0.2) is 0 Å². The molecule has 1 aromatic carbocycles. The summed E-state index contributed by atoms with van der Waals surface area (Å²) in [5.74, 6) is 1.17. The van der Waals surface area contributed by atoms with Crippen molar-refractivity contribution in [1.82, 2.24) is 14.9 Å². The van der Waals surface area contributed by atoms with E-state index in [4.69, 9.17) is 4.98 Å². The van der Waals surface area contributed by atoms with E-state index in [0.717, 1.165) is 24.6 Å². The van der Waals surface area contributed by atoms with Gasteiger partial charge in [0.05, 0.1) is 16.4 Å². The quantitative estimate of drug-likeness (QED) is 0.905. The van der Waals surface area contributed by atoms with Gasteiger partial charge in [-0.15, -0.1) is 0 Å². The van der Waals surface area contributed by atoms with Crippen LogP contribution in [-0.2, 0) is 5.41 Å². The van der Waals surface area contributed by atoms with Gasteiger partial charge in [-0.3, -0.25) is 4.90 Å². The number of para-hydroxylation sites is 2. The molecule has 1 aliphatic carbocycles. The van der Waals surface area contributed by atoms with Crippen LogP contribution in [0.3, 0.4) is 0 Å². The maximum absolute atomic E-state index is 4.80. The molecule has 0 bridgehead atoms. The average molecular weight is 269 g/mol. The molecule has 3 nitrogen and oxygen atoms in total. The van der Waals surface area contributed by atoms with Crippen LogP contribution < -0.4 is 0 Å². The number of benzene rings is 1. The molecule has 1 aliphatic heterocycles. The van der Waals surface area contributed by atoms with Crippen LogP contribution in [0, 0.1) is 0 Å². The molecule has 2 heterocycles. The highest BCUT2D eigenvalue weighted by atomic mass is 15.2. The fraction of sp³-hybridized carbons (Fsp3) is 0.588. The Balaban J connectivity index is 1.51. The number of nitrogens with one attached hydrogen (secondary N) is 1. The van der Waals surface area contributed by atoms with Crippen molar-refractivity contribution in [2.45, 2.75) is 50.5 Å². The van der Waals surface area contributed by atoms with Gasteiger partial charge in [0.1, 0.15) is 5.82 Å². The Bertz CT molecular complexity index is 570. The Kier molecular flexibility index (Phi) is 2.84. The van der Waals surface area contributed by atoms with Crippen molar-refractivity contribution in [2.24, 2.45) is 0 Å². The lowest BCUT2D eigenvalue weighted by molar-refractivity contribution is 0.0150. The highest BCUT2D eigenvalue weighted by molar-refractivity contribution is 5.75. The smallest absolute Gasteiger partial charge is 0.115 e. The van der Waals surface area contributed by atoms with Crippen LogP contribution >= 0.6 is 0 Å². The van der Waals surface area contributed by atoms with Gasteiger partial charge in [0.25, 0.3) is 0 Å². The first-order valence-electron chi connectivity index (χ1n) is 7.94. The second kappa shape index (κ2) is 4.59. The van der Waals surface area contributed by atoms with Gasteiger partial charge >= 0.3 is 0 Å². The van der Waals surface area contributed by atoms with E-state index in [1.54, 1.807) is 0 Å². The minimum atomic E-state index is 0.219. The molecule has 1 aromatic heterocycles. The first kappa shape index (κ1) is 12.4. The predicted molar refractivity (Wildman–Crippen MR) is 81.9 cm³/mol. The number of hydrogen-bond donors (Lipinski definition) is 1. The van der Waals surface area contributed by atoms with Gasteiger partial charge in [-0.05, 0) is 25.0 Å². The zero-order valence-corrected chi connectivity index (χ0v) is 12.2. The summed E-state index contributed by atoms with van der Waals surface area (Å²) in [6.45, 7) is 4.68. The molecule has 1 N–H and O–H groups in total. The SMILES string of the molecule is CC1(c2nc3ccccc3[nH]2)CN(C2CCCCC2)C1. The van der Waals surface area contributed by atoms with Gasteiger partial charge in [-0.25, -0.2) is 4.98 Å². The van der Waals surface area contributed by atoms with Gasteiger partial charge in [-0.1, -0.05) is 38.3 Å². The van der Waals surface area contributed by atoms with Crippen molar-refractivity contribution in [2.75, 3.05) is 13.1 Å². The van der Waals surface area contributed by atoms with Crippen molar-refractivity contribution in [3.8, 4) is 0 Å². The summed E-state index contributed by atoms with van der Waals surface area (Å²) in [6, 6.07) is 9.18. The lowest BCUT2D eigenvalue weighted by Crippen LogP contribution is -2.61. The first-order chi connectivity index (χ1) is 9.74. The lowest BCUT2D eigenvalue weighted by Gasteiger charge is -2.51. The van der Waals surface area contributed by atoms with Gasteiger partial charge < -0.3 is 4.98 Å². The largest absolute Gasteiger partial charge is 0.341 e. The number of fused-ring (bicyclic) bond motifs is 1. The van der Waals surface area contributed by atoms with Crippen molar-refractivity contribution in [3.63, 3.8) is 0 Å². The average Bonchev–Trinajstić information content (AvgIpc) is 2.89. The molecule has 0 unspecified atom stereocenters. The number of aromatic amines is 1. The second-order valence-electron chi connectivity index (χ2n) is 6.86. The molecule has 2 aliphatic rings. The van der Waals surface area contributed by atoms with E-state index in [9.17, 15) is 0 Å². The third kappa shape index (κ3) is 1.96. The van der Waals surface area contributed by atoms with E-state index in [1.807, 2.05) is 0 Å². The highest BCUT2D eigenvalue weighted by Gasteiger charge is 2.45. The van der Waals surface area contributed by atoms with Crippen LogP contribution in [0.2, 0.25) is 0 Å². The third-order valence-electron chi connectivity index (χ3n) is 5.16.